The highest BCUT2D eigenvalue weighted by Gasteiger charge is 2.26. The van der Waals surface area contributed by atoms with Crippen molar-refractivity contribution in [1.82, 2.24) is 0 Å². The molecule has 0 radical (unpaired) electrons. The van der Waals surface area contributed by atoms with Crippen molar-refractivity contribution in [2.24, 2.45) is 0 Å². The van der Waals surface area contributed by atoms with Gasteiger partial charge in [-0.15, -0.1) is 0 Å². The van der Waals surface area contributed by atoms with E-state index in [0.29, 0.717) is 19.3 Å². The first kappa shape index (κ1) is 39.1. The summed E-state index contributed by atoms with van der Waals surface area (Å²) in [5.74, 6) is -2.30. The van der Waals surface area contributed by atoms with Crippen LogP contribution in [0.4, 0.5) is 0 Å². The molecule has 0 aliphatic rings. The lowest BCUT2D eigenvalue weighted by atomic mass is 10.0. The summed E-state index contributed by atoms with van der Waals surface area (Å²) in [6.45, 7) is 5.93. The van der Waals surface area contributed by atoms with Gasteiger partial charge < -0.3 is 19.8 Å². The molecular formula is C34H64NO6+. The van der Waals surface area contributed by atoms with Crippen LogP contribution in [0, 0.1) is 0 Å². The Morgan fingerprint density at radius 3 is 1.07 bits per heavy atom. The molecular weight excluding hydrogens is 518 g/mol. The summed E-state index contributed by atoms with van der Waals surface area (Å²) < 4.78 is 0.868. The van der Waals surface area contributed by atoms with E-state index in [1.54, 1.807) is 0 Å². The highest BCUT2D eigenvalue weighted by Crippen LogP contribution is 2.20. The Bertz CT molecular complexity index is 623. The van der Waals surface area contributed by atoms with Crippen LogP contribution >= 0.6 is 0 Å². The number of quaternary nitrogens is 1. The molecule has 0 aliphatic heterocycles. The largest absolute Gasteiger partial charge is 0.481 e. The van der Waals surface area contributed by atoms with Crippen LogP contribution in [-0.2, 0) is 14.4 Å². The molecule has 0 aliphatic carbocycles. The number of carbonyl (C=O) groups is 3. The molecule has 0 saturated carbocycles. The average Bonchev–Trinajstić information content (AvgIpc) is 2.93. The normalized spacial score (nSPS) is 11.8. The zero-order valence-corrected chi connectivity index (χ0v) is 26.5. The molecule has 3 N–H and O–H groups in total. The Balaban J connectivity index is 4.38. The predicted molar refractivity (Wildman–Crippen MR) is 168 cm³/mol. The van der Waals surface area contributed by atoms with Crippen LogP contribution in [0.2, 0.25) is 0 Å². The molecule has 0 unspecified atom stereocenters. The number of allylic oxidation sites excluding steroid dienone is 2. The highest BCUT2D eigenvalue weighted by atomic mass is 16.4. The third kappa shape index (κ3) is 28.0. The van der Waals surface area contributed by atoms with Crippen molar-refractivity contribution in [2.75, 3.05) is 26.2 Å². The quantitative estimate of drug-likeness (QED) is 0.0414. The number of carboxylic acid groups (broad SMARTS) is 3. The van der Waals surface area contributed by atoms with Crippen molar-refractivity contribution < 1.29 is 34.2 Å². The van der Waals surface area contributed by atoms with Crippen molar-refractivity contribution in [2.45, 2.75) is 161 Å². The van der Waals surface area contributed by atoms with E-state index in [0.717, 1.165) is 56.3 Å². The lowest BCUT2D eigenvalue weighted by Crippen LogP contribution is -2.51. The second kappa shape index (κ2) is 28.2. The molecule has 0 rings (SSSR count). The number of aliphatic carboxylic acids is 3. The number of carboxylic acids is 3. The summed E-state index contributed by atoms with van der Waals surface area (Å²) in [4.78, 5) is 33.0. The van der Waals surface area contributed by atoms with E-state index in [-0.39, 0.29) is 19.3 Å². The summed E-state index contributed by atoms with van der Waals surface area (Å²) in [6.07, 6.45) is 28.9. The lowest BCUT2D eigenvalue weighted by Gasteiger charge is -2.39. The first-order chi connectivity index (χ1) is 19.8. The van der Waals surface area contributed by atoms with E-state index in [4.69, 9.17) is 15.3 Å². The van der Waals surface area contributed by atoms with Crippen LogP contribution < -0.4 is 0 Å². The summed E-state index contributed by atoms with van der Waals surface area (Å²) in [6, 6.07) is 0. The van der Waals surface area contributed by atoms with Crippen LogP contribution in [0.5, 0.6) is 0 Å². The molecule has 0 aromatic rings. The average molecular weight is 583 g/mol. The molecule has 0 bridgehead atoms. The van der Waals surface area contributed by atoms with Gasteiger partial charge in [0.2, 0.25) is 0 Å². The van der Waals surface area contributed by atoms with Crippen molar-refractivity contribution in [3.8, 4) is 0 Å². The zero-order chi connectivity index (χ0) is 30.4. The van der Waals surface area contributed by atoms with E-state index in [9.17, 15) is 14.4 Å². The van der Waals surface area contributed by atoms with Gasteiger partial charge in [0.15, 0.2) is 0 Å². The Morgan fingerprint density at radius 2 is 0.732 bits per heavy atom. The molecule has 41 heavy (non-hydrogen) atoms. The van der Waals surface area contributed by atoms with E-state index >= 15 is 0 Å². The van der Waals surface area contributed by atoms with Crippen molar-refractivity contribution in [1.29, 1.82) is 0 Å². The van der Waals surface area contributed by atoms with Crippen molar-refractivity contribution >= 4 is 17.9 Å². The second-order valence-corrected chi connectivity index (χ2v) is 12.1. The Morgan fingerprint density at radius 1 is 0.439 bits per heavy atom. The number of rotatable bonds is 32. The Labute approximate surface area is 251 Å². The van der Waals surface area contributed by atoms with Gasteiger partial charge in [-0.1, -0.05) is 83.3 Å². The standard InChI is InChI=1S/C34H63NO6/c1-2-3-4-5-6-7-8-9-10-11-12-13-14-15-16-17-21-28-35(29-22-18-25-32(36)37,30-23-19-26-33(38)39)31-24-20-27-34(40)41/h5-6H,2-4,7-31H2,1H3,(H2-,36,37,38,39,40,41)/p+1/b6-5+. The first-order valence-corrected chi connectivity index (χ1v) is 17.0. The summed E-state index contributed by atoms with van der Waals surface area (Å²) >= 11 is 0. The second-order valence-electron chi connectivity index (χ2n) is 12.1. The molecule has 0 aromatic heterocycles. The molecule has 0 heterocycles. The number of hydrogen-bond donors (Lipinski definition) is 3. The number of hydrogen-bond acceptors (Lipinski definition) is 3. The zero-order valence-electron chi connectivity index (χ0n) is 26.5. The maximum atomic E-state index is 11.0. The van der Waals surface area contributed by atoms with Crippen molar-refractivity contribution in [3.63, 3.8) is 0 Å². The fraction of sp³-hybridized carbons (Fsp3) is 0.853. The van der Waals surface area contributed by atoms with Crippen LogP contribution in [0.15, 0.2) is 12.2 Å². The van der Waals surface area contributed by atoms with E-state index < -0.39 is 17.9 Å². The molecule has 0 amide bonds. The minimum atomic E-state index is -0.767. The topological polar surface area (TPSA) is 112 Å². The van der Waals surface area contributed by atoms with Gasteiger partial charge in [0.1, 0.15) is 0 Å². The SMILES string of the molecule is CCCC/C=C/CCCCCCCCCCCCC[N+](CCCCC(=O)O)(CCCCC(=O)O)CCCCC(=O)O. The number of nitrogens with zero attached hydrogens (tertiary/aromatic N) is 1. The van der Waals surface area contributed by atoms with Gasteiger partial charge in [-0.2, -0.15) is 0 Å². The Hall–Kier alpha value is -1.89. The molecule has 0 aromatic carbocycles. The maximum Gasteiger partial charge on any atom is 0.303 e. The molecule has 7 nitrogen and oxygen atoms in total. The minimum absolute atomic E-state index is 0.175. The molecule has 7 heteroatoms. The van der Waals surface area contributed by atoms with Gasteiger partial charge in [0.05, 0.1) is 26.2 Å². The van der Waals surface area contributed by atoms with Gasteiger partial charge in [0, 0.05) is 19.3 Å². The van der Waals surface area contributed by atoms with E-state index in [2.05, 4.69) is 19.1 Å². The van der Waals surface area contributed by atoms with Gasteiger partial charge in [-0.3, -0.25) is 14.4 Å². The summed E-state index contributed by atoms with van der Waals surface area (Å²) in [5.41, 5.74) is 0. The fourth-order valence-corrected chi connectivity index (χ4v) is 5.70. The van der Waals surface area contributed by atoms with Crippen LogP contribution in [-0.4, -0.2) is 63.9 Å². The third-order valence-electron chi connectivity index (χ3n) is 8.21. The molecule has 0 fully saturated rings. The summed E-state index contributed by atoms with van der Waals surface area (Å²) in [5, 5.41) is 27.1. The van der Waals surface area contributed by atoms with Crippen LogP contribution in [0.3, 0.4) is 0 Å². The maximum absolute atomic E-state index is 11.0. The third-order valence-corrected chi connectivity index (χ3v) is 8.21. The fourth-order valence-electron chi connectivity index (χ4n) is 5.70. The molecule has 240 valence electrons. The van der Waals surface area contributed by atoms with Crippen LogP contribution in [0.1, 0.15) is 161 Å². The monoisotopic (exact) mass is 582 g/mol. The Kier molecular flexibility index (Phi) is 26.9. The smallest absolute Gasteiger partial charge is 0.303 e. The van der Waals surface area contributed by atoms with E-state index in [1.807, 2.05) is 0 Å². The first-order valence-electron chi connectivity index (χ1n) is 17.0. The molecule has 0 saturated heterocycles. The van der Waals surface area contributed by atoms with Gasteiger partial charge in [-0.25, -0.2) is 0 Å². The molecule has 0 atom stereocenters. The minimum Gasteiger partial charge on any atom is -0.481 e. The van der Waals surface area contributed by atoms with Crippen LogP contribution in [0.25, 0.3) is 0 Å². The summed E-state index contributed by atoms with van der Waals surface area (Å²) in [7, 11) is 0. The highest BCUT2D eigenvalue weighted by molar-refractivity contribution is 5.67. The van der Waals surface area contributed by atoms with Gasteiger partial charge in [0.25, 0.3) is 0 Å². The predicted octanol–water partition coefficient (Wildman–Crippen LogP) is 9.00. The van der Waals surface area contributed by atoms with Gasteiger partial charge in [-0.05, 0) is 70.6 Å². The van der Waals surface area contributed by atoms with Gasteiger partial charge >= 0.3 is 17.9 Å². The van der Waals surface area contributed by atoms with E-state index in [1.165, 1.54) is 89.9 Å². The van der Waals surface area contributed by atoms with Crippen molar-refractivity contribution in [3.05, 3.63) is 12.2 Å². The molecule has 0 spiro atoms. The number of unbranched alkanes of at least 4 members (excludes halogenated alkanes) is 16. The lowest BCUT2D eigenvalue weighted by molar-refractivity contribution is -0.929.